The summed E-state index contributed by atoms with van der Waals surface area (Å²) in [5, 5.41) is 21.3. The van der Waals surface area contributed by atoms with Gasteiger partial charge >= 0.3 is 5.97 Å². The molecule has 1 fully saturated rings. The molecule has 4 rings (SSSR count). The lowest BCUT2D eigenvalue weighted by molar-refractivity contribution is -0.144. The number of carboxylic acids is 1. The van der Waals surface area contributed by atoms with Gasteiger partial charge in [-0.3, -0.25) is 19.4 Å². The lowest BCUT2D eigenvalue weighted by Crippen LogP contribution is -2.48. The monoisotopic (exact) mass is 412 g/mol. The maximum Gasteiger partial charge on any atom is 0.325 e. The van der Waals surface area contributed by atoms with Crippen molar-refractivity contribution in [3.63, 3.8) is 0 Å². The Kier molecular flexibility index (Phi) is 5.51. The van der Waals surface area contributed by atoms with E-state index in [2.05, 4.69) is 25.5 Å². The van der Waals surface area contributed by atoms with Gasteiger partial charge in [0, 0.05) is 68.0 Å². The van der Waals surface area contributed by atoms with Crippen LogP contribution in [-0.4, -0.2) is 68.3 Å². The second-order valence-electron chi connectivity index (χ2n) is 7.53. The Hall–Kier alpha value is -3.24. The number of hydrogen-bond acceptors (Lipinski definition) is 7. The molecule has 10 heteroatoms. The van der Waals surface area contributed by atoms with Gasteiger partial charge in [-0.2, -0.15) is 0 Å². The highest BCUT2D eigenvalue weighted by Crippen LogP contribution is 2.31. The zero-order chi connectivity index (χ0) is 21.3. The van der Waals surface area contributed by atoms with Crippen molar-refractivity contribution in [3.8, 4) is 0 Å². The first-order valence-electron chi connectivity index (χ1n) is 9.78. The molecule has 0 bridgehead atoms. The first kappa shape index (κ1) is 20.0. The standard InChI is InChI=1S/C20H24N6O4/c1-12-18(24-30-23-12)11-25-5-7-26(8-6-25)19(20(28)29)16-10-21-17-9-14(22-13(2)27)3-4-15(16)17/h3-4,9-10,19,21H,5-8,11H2,1-2H3,(H,22,27)(H,28,29)/t19-/m1/s1. The number of benzene rings is 1. The molecule has 0 saturated carbocycles. The average Bonchev–Trinajstić information content (AvgIpc) is 3.29. The molecule has 3 N–H and O–H groups in total. The molecule has 10 nitrogen and oxygen atoms in total. The SMILES string of the molecule is CC(=O)Nc1ccc2c([C@H](C(=O)O)N3CCN(Cc4nonc4C)CC3)c[nH]c2c1. The molecule has 0 unspecified atom stereocenters. The minimum atomic E-state index is -0.883. The Bertz CT molecular complexity index is 1070. The number of aliphatic carboxylic acids is 1. The highest BCUT2D eigenvalue weighted by molar-refractivity contribution is 5.94. The van der Waals surface area contributed by atoms with Gasteiger partial charge < -0.3 is 15.4 Å². The molecule has 0 radical (unpaired) electrons. The predicted molar refractivity (Wildman–Crippen MR) is 109 cm³/mol. The molecule has 1 amide bonds. The zero-order valence-electron chi connectivity index (χ0n) is 16.9. The Morgan fingerprint density at radius 3 is 2.67 bits per heavy atom. The number of amides is 1. The van der Waals surface area contributed by atoms with Gasteiger partial charge in [-0.25, -0.2) is 4.63 Å². The molecule has 30 heavy (non-hydrogen) atoms. The van der Waals surface area contributed by atoms with Gasteiger partial charge in [-0.1, -0.05) is 16.4 Å². The number of carbonyl (C=O) groups is 2. The maximum atomic E-state index is 12.2. The fourth-order valence-corrected chi connectivity index (χ4v) is 3.93. The van der Waals surface area contributed by atoms with Crippen LogP contribution in [-0.2, 0) is 16.1 Å². The van der Waals surface area contributed by atoms with E-state index < -0.39 is 12.0 Å². The van der Waals surface area contributed by atoms with Crippen molar-refractivity contribution >= 4 is 28.5 Å². The van der Waals surface area contributed by atoms with Crippen LogP contribution in [0.2, 0.25) is 0 Å². The molecule has 1 saturated heterocycles. The summed E-state index contributed by atoms with van der Waals surface area (Å²) >= 11 is 0. The number of H-pyrrole nitrogens is 1. The number of hydrogen-bond donors (Lipinski definition) is 3. The average molecular weight is 412 g/mol. The van der Waals surface area contributed by atoms with E-state index in [1.54, 1.807) is 12.3 Å². The predicted octanol–water partition coefficient (Wildman–Crippen LogP) is 1.76. The van der Waals surface area contributed by atoms with Gasteiger partial charge in [-0.05, 0) is 19.1 Å². The second kappa shape index (κ2) is 8.25. The normalized spacial score (nSPS) is 16.6. The number of aromatic nitrogens is 3. The van der Waals surface area contributed by atoms with Crippen molar-refractivity contribution < 1.29 is 19.3 Å². The van der Waals surface area contributed by atoms with Crippen molar-refractivity contribution in [3.05, 3.63) is 41.3 Å². The van der Waals surface area contributed by atoms with Crippen LogP contribution in [0.5, 0.6) is 0 Å². The molecule has 0 aliphatic carbocycles. The summed E-state index contributed by atoms with van der Waals surface area (Å²) in [6, 6.07) is 4.69. The summed E-state index contributed by atoms with van der Waals surface area (Å²) in [6.07, 6.45) is 1.75. The molecule has 0 spiro atoms. The summed E-state index contributed by atoms with van der Waals surface area (Å²) in [5.41, 5.74) is 3.76. The van der Waals surface area contributed by atoms with E-state index in [-0.39, 0.29) is 5.91 Å². The molecular formula is C20H24N6O4. The van der Waals surface area contributed by atoms with Crippen LogP contribution in [0.1, 0.15) is 29.9 Å². The van der Waals surface area contributed by atoms with E-state index in [0.29, 0.717) is 25.3 Å². The quantitative estimate of drug-likeness (QED) is 0.559. The van der Waals surface area contributed by atoms with E-state index in [4.69, 9.17) is 4.63 Å². The van der Waals surface area contributed by atoms with Crippen molar-refractivity contribution in [1.82, 2.24) is 25.1 Å². The van der Waals surface area contributed by atoms with E-state index in [1.807, 2.05) is 24.0 Å². The highest BCUT2D eigenvalue weighted by atomic mass is 16.6. The van der Waals surface area contributed by atoms with Gasteiger partial charge in [0.1, 0.15) is 17.4 Å². The summed E-state index contributed by atoms with van der Waals surface area (Å²) in [4.78, 5) is 30.8. The first-order chi connectivity index (χ1) is 14.4. The number of aromatic amines is 1. The Morgan fingerprint density at radius 1 is 1.27 bits per heavy atom. The van der Waals surface area contributed by atoms with Crippen molar-refractivity contribution in [2.24, 2.45) is 0 Å². The first-order valence-corrected chi connectivity index (χ1v) is 9.78. The van der Waals surface area contributed by atoms with Crippen LogP contribution in [0, 0.1) is 6.92 Å². The molecule has 3 heterocycles. The minimum absolute atomic E-state index is 0.154. The molecular weight excluding hydrogens is 388 g/mol. The van der Waals surface area contributed by atoms with E-state index >= 15 is 0 Å². The number of rotatable bonds is 6. The number of nitrogens with one attached hydrogen (secondary N) is 2. The van der Waals surface area contributed by atoms with Crippen LogP contribution in [0.15, 0.2) is 29.0 Å². The lowest BCUT2D eigenvalue weighted by atomic mass is 10.0. The molecule has 2 aromatic heterocycles. The molecule has 3 aromatic rings. The number of carbonyl (C=O) groups excluding carboxylic acids is 1. The Labute approximate surface area is 172 Å². The maximum absolute atomic E-state index is 12.2. The largest absolute Gasteiger partial charge is 0.480 e. The summed E-state index contributed by atoms with van der Waals surface area (Å²) in [7, 11) is 0. The zero-order valence-corrected chi connectivity index (χ0v) is 16.9. The van der Waals surface area contributed by atoms with Gasteiger partial charge in [-0.15, -0.1) is 0 Å². The summed E-state index contributed by atoms with van der Waals surface area (Å²) in [6.45, 7) is 6.65. The van der Waals surface area contributed by atoms with E-state index in [1.165, 1.54) is 6.92 Å². The van der Waals surface area contributed by atoms with Gasteiger partial charge in [0.15, 0.2) is 0 Å². The molecule has 1 aromatic carbocycles. The summed E-state index contributed by atoms with van der Waals surface area (Å²) < 4.78 is 4.76. The van der Waals surface area contributed by atoms with Crippen molar-refractivity contribution in [2.75, 3.05) is 31.5 Å². The van der Waals surface area contributed by atoms with Gasteiger partial charge in [0.25, 0.3) is 0 Å². The van der Waals surface area contributed by atoms with Crippen LogP contribution in [0.4, 0.5) is 5.69 Å². The number of fused-ring (bicyclic) bond motifs is 1. The van der Waals surface area contributed by atoms with Crippen LogP contribution >= 0.6 is 0 Å². The highest BCUT2D eigenvalue weighted by Gasteiger charge is 2.32. The fourth-order valence-electron chi connectivity index (χ4n) is 3.93. The third-order valence-corrected chi connectivity index (χ3v) is 5.45. The summed E-state index contributed by atoms with van der Waals surface area (Å²) in [5.74, 6) is -1.04. The third-order valence-electron chi connectivity index (χ3n) is 5.45. The van der Waals surface area contributed by atoms with Gasteiger partial charge in [0.05, 0.1) is 0 Å². The number of carboxylic acid groups (broad SMARTS) is 1. The fraction of sp³-hybridized carbons (Fsp3) is 0.400. The number of anilines is 1. The number of piperazine rings is 1. The third kappa shape index (κ3) is 4.05. The van der Waals surface area contributed by atoms with Crippen molar-refractivity contribution in [2.45, 2.75) is 26.4 Å². The Morgan fingerprint density at radius 2 is 2.03 bits per heavy atom. The van der Waals surface area contributed by atoms with E-state index in [9.17, 15) is 14.7 Å². The second-order valence-corrected chi connectivity index (χ2v) is 7.53. The molecule has 1 atom stereocenters. The smallest absolute Gasteiger partial charge is 0.325 e. The number of nitrogens with zero attached hydrogens (tertiary/aromatic N) is 4. The van der Waals surface area contributed by atoms with Crippen molar-refractivity contribution in [1.29, 1.82) is 0 Å². The topological polar surface area (TPSA) is 128 Å². The van der Waals surface area contributed by atoms with Crippen LogP contribution < -0.4 is 5.32 Å². The molecule has 1 aliphatic heterocycles. The molecule has 1 aliphatic rings. The van der Waals surface area contributed by atoms with Crippen LogP contribution in [0.25, 0.3) is 10.9 Å². The minimum Gasteiger partial charge on any atom is -0.480 e. The lowest BCUT2D eigenvalue weighted by Gasteiger charge is -2.37. The van der Waals surface area contributed by atoms with Gasteiger partial charge in [0.2, 0.25) is 5.91 Å². The molecule has 158 valence electrons. The van der Waals surface area contributed by atoms with E-state index in [0.717, 1.165) is 40.9 Å². The van der Waals surface area contributed by atoms with Crippen LogP contribution in [0.3, 0.4) is 0 Å². The number of aryl methyl sites for hydroxylation is 1. The Balaban J connectivity index is 1.50.